The van der Waals surface area contributed by atoms with Crippen LogP contribution in [0, 0.1) is 0 Å². The number of fused-ring (bicyclic) bond motifs is 1. The number of hydrogen-bond acceptors (Lipinski definition) is 2. The summed E-state index contributed by atoms with van der Waals surface area (Å²) in [5.41, 5.74) is 2.45. The van der Waals surface area contributed by atoms with Crippen molar-refractivity contribution in [2.75, 3.05) is 0 Å². The number of amidine groups is 1. The molecule has 102 valence electrons. The molecule has 0 atom stereocenters. The quantitative estimate of drug-likeness (QED) is 0.657. The molecule has 3 aromatic rings. The summed E-state index contributed by atoms with van der Waals surface area (Å²) in [5.74, 6) is 1.01. The lowest BCUT2D eigenvalue weighted by atomic mass is 10.0. The Morgan fingerprint density at radius 2 is 1.52 bits per heavy atom. The largest absolute Gasteiger partial charge is 0.333 e. The van der Waals surface area contributed by atoms with Crippen molar-refractivity contribution in [2.24, 2.45) is 3.21 Å². The van der Waals surface area contributed by atoms with E-state index in [1.165, 1.54) is 20.0 Å². The Hall–Kier alpha value is -2.01. The highest BCUT2D eigenvalue weighted by molar-refractivity contribution is 14.2. The van der Waals surface area contributed by atoms with Crippen LogP contribution < -0.4 is 5.32 Å². The van der Waals surface area contributed by atoms with E-state index in [9.17, 15) is 0 Å². The first kappa shape index (κ1) is 12.7. The minimum absolute atomic E-state index is 0.350. The average Bonchev–Trinajstić information content (AvgIpc) is 3.05. The van der Waals surface area contributed by atoms with Gasteiger partial charge in [0.15, 0.2) is 0 Å². The Labute approximate surface area is 133 Å². The van der Waals surface area contributed by atoms with E-state index in [4.69, 9.17) is 3.21 Å². The molecular formula is C18H13IN2. The third-order valence-electron chi connectivity index (χ3n) is 3.51. The fourth-order valence-corrected chi connectivity index (χ4v) is 4.47. The molecule has 0 aromatic heterocycles. The topological polar surface area (TPSA) is 24.4 Å². The first-order valence-electron chi connectivity index (χ1n) is 6.81. The monoisotopic (exact) mass is 384 g/mol. The molecule has 0 saturated heterocycles. The van der Waals surface area contributed by atoms with Crippen LogP contribution in [0.4, 0.5) is 0 Å². The van der Waals surface area contributed by atoms with E-state index < -0.39 is 0 Å². The standard InChI is InChI=1S/C18H13IN2/c1-2-8-14(9-3-1)18-20-17(19-21-18)16-12-6-10-13-7-4-5-11-15(13)16/h1-12H,(H,20,21). The molecule has 1 heterocycles. The van der Waals surface area contributed by atoms with Crippen LogP contribution in [-0.4, -0.2) is 9.47 Å². The van der Waals surface area contributed by atoms with Crippen LogP contribution in [0.2, 0.25) is 0 Å². The molecule has 1 aliphatic rings. The van der Waals surface area contributed by atoms with Gasteiger partial charge in [0.05, 0.1) is 24.6 Å². The second-order valence-corrected chi connectivity index (χ2v) is 6.89. The van der Waals surface area contributed by atoms with Crippen molar-refractivity contribution >= 4 is 41.2 Å². The zero-order valence-electron chi connectivity index (χ0n) is 11.3. The van der Waals surface area contributed by atoms with Gasteiger partial charge in [0.1, 0.15) is 5.84 Å². The summed E-state index contributed by atoms with van der Waals surface area (Å²) in [5, 5.41) is 6.11. The molecule has 21 heavy (non-hydrogen) atoms. The van der Waals surface area contributed by atoms with E-state index in [1.807, 2.05) is 18.2 Å². The zero-order valence-corrected chi connectivity index (χ0v) is 13.4. The molecular weight excluding hydrogens is 371 g/mol. The third kappa shape index (κ3) is 2.38. The van der Waals surface area contributed by atoms with Crippen LogP contribution in [0.5, 0.6) is 0 Å². The number of hydrogen-bond donors (Lipinski definition) is 1. The molecule has 1 N–H and O–H groups in total. The number of rotatable bonds is 2. The second kappa shape index (κ2) is 5.41. The predicted octanol–water partition coefficient (Wildman–Crippen LogP) is 4.25. The molecule has 4 rings (SSSR count). The van der Waals surface area contributed by atoms with Gasteiger partial charge in [0, 0.05) is 11.1 Å². The lowest BCUT2D eigenvalue weighted by Gasteiger charge is -2.09. The maximum Gasteiger partial charge on any atom is 0.143 e. The van der Waals surface area contributed by atoms with Gasteiger partial charge in [-0.1, -0.05) is 72.8 Å². The number of nitrogens with one attached hydrogen (secondary N) is 1. The molecule has 0 unspecified atom stereocenters. The summed E-state index contributed by atoms with van der Waals surface area (Å²) in [6, 6.07) is 25.3. The van der Waals surface area contributed by atoms with E-state index in [2.05, 4.69) is 59.9 Å². The highest BCUT2D eigenvalue weighted by Gasteiger charge is 2.15. The highest BCUT2D eigenvalue weighted by Crippen LogP contribution is 2.24. The van der Waals surface area contributed by atoms with E-state index in [-0.39, 0.29) is 21.0 Å². The molecule has 0 saturated carbocycles. The van der Waals surface area contributed by atoms with Gasteiger partial charge < -0.3 is 5.32 Å². The van der Waals surface area contributed by atoms with Crippen LogP contribution in [0.15, 0.2) is 76.0 Å². The van der Waals surface area contributed by atoms with Gasteiger partial charge in [-0.2, -0.15) is 0 Å². The van der Waals surface area contributed by atoms with Gasteiger partial charge >= 0.3 is 0 Å². The Kier molecular flexibility index (Phi) is 3.27. The van der Waals surface area contributed by atoms with Gasteiger partial charge in [0.2, 0.25) is 0 Å². The Bertz CT molecular complexity index is 861. The Morgan fingerprint density at radius 3 is 2.43 bits per heavy atom. The number of nitrogens with zero attached hydrogens (tertiary/aromatic N) is 1. The molecule has 2 nitrogen and oxygen atoms in total. The summed E-state index contributed by atoms with van der Waals surface area (Å²) in [7, 11) is 0. The molecule has 1 aliphatic heterocycles. The van der Waals surface area contributed by atoms with Crippen molar-refractivity contribution in [1.82, 2.24) is 5.32 Å². The Balaban J connectivity index is 1.70. The minimum atomic E-state index is -0.350. The van der Waals surface area contributed by atoms with Gasteiger partial charge in [-0.3, -0.25) is 0 Å². The van der Waals surface area contributed by atoms with Crippen molar-refractivity contribution in [2.45, 2.75) is 0 Å². The average molecular weight is 384 g/mol. The molecule has 0 spiro atoms. The molecule has 3 heteroatoms. The van der Waals surface area contributed by atoms with E-state index in [0.717, 1.165) is 11.4 Å². The maximum absolute atomic E-state index is 4.75. The number of benzene rings is 3. The van der Waals surface area contributed by atoms with Crippen LogP contribution in [-0.2, 0) is 0 Å². The molecule has 0 bridgehead atoms. The number of halogens is 1. The van der Waals surface area contributed by atoms with Gasteiger partial charge in [-0.15, -0.1) is 0 Å². The van der Waals surface area contributed by atoms with Crippen molar-refractivity contribution < 1.29 is 0 Å². The third-order valence-corrected chi connectivity index (χ3v) is 5.57. The van der Waals surface area contributed by atoms with Crippen LogP contribution in [0.3, 0.4) is 0 Å². The normalized spacial score (nSPS) is 14.1. The molecule has 3 aromatic carbocycles. The van der Waals surface area contributed by atoms with Crippen molar-refractivity contribution in [1.29, 1.82) is 0 Å². The highest BCUT2D eigenvalue weighted by atomic mass is 127. The first-order valence-corrected chi connectivity index (χ1v) is 8.86. The van der Waals surface area contributed by atoms with E-state index >= 15 is 0 Å². The summed E-state index contributed by atoms with van der Waals surface area (Å²) in [4.78, 5) is 0. The molecule has 0 aliphatic carbocycles. The summed E-state index contributed by atoms with van der Waals surface area (Å²) in [6.07, 6.45) is 0. The first-order chi connectivity index (χ1) is 10.4. The van der Waals surface area contributed by atoms with E-state index in [0.29, 0.717) is 0 Å². The minimum Gasteiger partial charge on any atom is -0.333 e. The van der Waals surface area contributed by atoms with Gasteiger partial charge in [-0.25, -0.2) is 3.21 Å². The van der Waals surface area contributed by atoms with Crippen LogP contribution >= 0.6 is 21.0 Å². The van der Waals surface area contributed by atoms with Gasteiger partial charge in [0.25, 0.3) is 0 Å². The van der Waals surface area contributed by atoms with Crippen LogP contribution in [0.25, 0.3) is 10.8 Å². The van der Waals surface area contributed by atoms with E-state index in [1.54, 1.807) is 0 Å². The van der Waals surface area contributed by atoms with Crippen LogP contribution in [0.1, 0.15) is 11.1 Å². The summed E-state index contributed by atoms with van der Waals surface area (Å²) in [6.45, 7) is 0. The van der Waals surface area contributed by atoms with Crippen molar-refractivity contribution in [3.8, 4) is 0 Å². The van der Waals surface area contributed by atoms with Crippen molar-refractivity contribution in [3.63, 3.8) is 0 Å². The van der Waals surface area contributed by atoms with Gasteiger partial charge in [-0.05, 0) is 10.8 Å². The molecule has 0 radical (unpaired) electrons. The van der Waals surface area contributed by atoms with Crippen molar-refractivity contribution in [3.05, 3.63) is 83.9 Å². The molecule has 0 fully saturated rings. The maximum atomic E-state index is 4.75. The predicted molar refractivity (Wildman–Crippen MR) is 98.2 cm³/mol. The fourth-order valence-electron chi connectivity index (χ4n) is 2.48. The smallest absolute Gasteiger partial charge is 0.143 e. The summed E-state index contributed by atoms with van der Waals surface area (Å²) < 4.78 is 6.03. The lowest BCUT2D eigenvalue weighted by molar-refractivity contribution is 1.39. The zero-order chi connectivity index (χ0) is 14.1. The summed E-state index contributed by atoms with van der Waals surface area (Å²) >= 11 is -0.350. The second-order valence-electron chi connectivity index (χ2n) is 4.85. The molecule has 0 amide bonds. The fraction of sp³-hybridized carbons (Fsp3) is 0. The Morgan fingerprint density at radius 1 is 0.762 bits per heavy atom. The SMILES string of the molecule is c1ccc(C2=NI=C(c3cccc4ccccc34)N2)cc1. The lowest BCUT2D eigenvalue weighted by Crippen LogP contribution is -2.27.